The van der Waals surface area contributed by atoms with E-state index >= 15 is 0 Å². The van der Waals surface area contributed by atoms with Crippen molar-refractivity contribution in [1.29, 1.82) is 0 Å². The Morgan fingerprint density at radius 3 is 3.09 bits per heavy atom. The van der Waals surface area contributed by atoms with E-state index in [0.717, 1.165) is 56.1 Å². The minimum Gasteiger partial charge on any atom is -0.384 e. The smallest absolute Gasteiger partial charge is 0.193 e. The first-order valence-corrected chi connectivity index (χ1v) is 9.29. The van der Waals surface area contributed by atoms with E-state index in [1.54, 1.807) is 7.11 Å². The lowest BCUT2D eigenvalue weighted by atomic mass is 10.1. The van der Waals surface area contributed by atoms with Crippen LogP contribution in [-0.2, 0) is 11.2 Å². The van der Waals surface area contributed by atoms with Crippen LogP contribution < -0.4 is 5.32 Å². The minimum absolute atomic E-state index is 0.630. The number of rotatable bonds is 7. The predicted molar refractivity (Wildman–Crippen MR) is 100.0 cm³/mol. The Morgan fingerprint density at radius 1 is 1.48 bits per heavy atom. The van der Waals surface area contributed by atoms with E-state index in [0.29, 0.717) is 5.92 Å². The van der Waals surface area contributed by atoms with E-state index in [9.17, 15) is 0 Å². The molecule has 1 N–H and O–H groups in total. The van der Waals surface area contributed by atoms with E-state index < -0.39 is 0 Å². The highest BCUT2D eigenvalue weighted by Crippen LogP contribution is 2.16. The van der Waals surface area contributed by atoms with Gasteiger partial charge in [-0.05, 0) is 43.9 Å². The minimum atomic E-state index is 0.630. The van der Waals surface area contributed by atoms with Crippen molar-refractivity contribution >= 4 is 21.9 Å². The number of benzene rings is 1. The van der Waals surface area contributed by atoms with Crippen molar-refractivity contribution in [2.75, 3.05) is 39.9 Å². The number of aryl methyl sites for hydroxylation is 1. The molecule has 1 heterocycles. The average molecular weight is 382 g/mol. The molecule has 0 radical (unpaired) electrons. The van der Waals surface area contributed by atoms with Crippen molar-refractivity contribution in [3.05, 3.63) is 34.3 Å². The fourth-order valence-corrected chi connectivity index (χ4v) is 3.43. The molecule has 1 aromatic carbocycles. The number of hydrogen-bond acceptors (Lipinski definition) is 2. The van der Waals surface area contributed by atoms with Crippen LogP contribution in [-0.4, -0.2) is 50.8 Å². The van der Waals surface area contributed by atoms with Crippen LogP contribution in [0.3, 0.4) is 0 Å². The second kappa shape index (κ2) is 9.93. The molecule has 0 saturated carbocycles. The summed E-state index contributed by atoms with van der Waals surface area (Å²) >= 11 is 3.52. The maximum absolute atomic E-state index is 5.28. The Kier molecular flexibility index (Phi) is 7.89. The highest BCUT2D eigenvalue weighted by Gasteiger charge is 2.24. The number of ether oxygens (including phenoxy) is 1. The molecule has 0 aliphatic carbocycles. The molecule has 0 bridgehead atoms. The Hall–Kier alpha value is -1.07. The van der Waals surface area contributed by atoms with Gasteiger partial charge in [-0.15, -0.1) is 0 Å². The van der Waals surface area contributed by atoms with Crippen molar-refractivity contribution in [3.8, 4) is 0 Å². The molecule has 1 aromatic rings. The van der Waals surface area contributed by atoms with Gasteiger partial charge in [0.2, 0.25) is 0 Å². The first kappa shape index (κ1) is 18.3. The summed E-state index contributed by atoms with van der Waals surface area (Å²) in [5.41, 5.74) is 1.36. The van der Waals surface area contributed by atoms with Gasteiger partial charge in [0.15, 0.2) is 5.96 Å². The lowest BCUT2D eigenvalue weighted by Gasteiger charge is -2.21. The number of nitrogens with one attached hydrogen (secondary N) is 1. The standard InChI is InChI=1S/C18H28BrN3O/c1-3-20-18(22-11-9-16(13-22)14-23-2)21-10-5-7-15-6-4-8-17(19)12-15/h4,6,8,12,16H,3,5,7,9-11,13-14H2,1-2H3,(H,20,21). The zero-order valence-electron chi connectivity index (χ0n) is 14.2. The highest BCUT2D eigenvalue weighted by molar-refractivity contribution is 9.10. The molecule has 2 rings (SSSR count). The first-order valence-electron chi connectivity index (χ1n) is 8.49. The number of methoxy groups -OCH3 is 1. The van der Waals surface area contributed by atoms with E-state index in [2.05, 4.69) is 57.3 Å². The van der Waals surface area contributed by atoms with Crippen LogP contribution in [0.1, 0.15) is 25.3 Å². The molecule has 0 aromatic heterocycles. The van der Waals surface area contributed by atoms with E-state index in [-0.39, 0.29) is 0 Å². The van der Waals surface area contributed by atoms with Crippen LogP contribution in [0.15, 0.2) is 33.7 Å². The van der Waals surface area contributed by atoms with Crippen molar-refractivity contribution in [2.24, 2.45) is 10.9 Å². The van der Waals surface area contributed by atoms with Gasteiger partial charge in [-0.2, -0.15) is 0 Å². The molecule has 1 saturated heterocycles. The molecule has 1 fully saturated rings. The predicted octanol–water partition coefficient (Wildman–Crippen LogP) is 3.32. The average Bonchev–Trinajstić information content (AvgIpc) is 2.99. The summed E-state index contributed by atoms with van der Waals surface area (Å²) in [6.45, 7) is 6.87. The molecule has 0 spiro atoms. The monoisotopic (exact) mass is 381 g/mol. The van der Waals surface area contributed by atoms with Gasteiger partial charge in [0.25, 0.3) is 0 Å². The fourth-order valence-electron chi connectivity index (χ4n) is 2.98. The summed E-state index contributed by atoms with van der Waals surface area (Å²) in [6.07, 6.45) is 3.33. The summed E-state index contributed by atoms with van der Waals surface area (Å²) in [7, 11) is 1.78. The van der Waals surface area contributed by atoms with Crippen LogP contribution in [0.4, 0.5) is 0 Å². The molecule has 1 aliphatic heterocycles. The highest BCUT2D eigenvalue weighted by atomic mass is 79.9. The topological polar surface area (TPSA) is 36.9 Å². The normalized spacial score (nSPS) is 18.5. The number of likely N-dealkylation sites (tertiary alicyclic amines) is 1. The van der Waals surface area contributed by atoms with Crippen molar-refractivity contribution in [2.45, 2.75) is 26.2 Å². The molecular formula is C18H28BrN3O. The van der Waals surface area contributed by atoms with Crippen molar-refractivity contribution in [3.63, 3.8) is 0 Å². The molecule has 4 nitrogen and oxygen atoms in total. The third-order valence-corrected chi connectivity index (χ3v) is 4.59. The lowest BCUT2D eigenvalue weighted by Crippen LogP contribution is -2.40. The zero-order chi connectivity index (χ0) is 16.5. The van der Waals surface area contributed by atoms with Gasteiger partial charge in [0.05, 0.1) is 6.61 Å². The van der Waals surface area contributed by atoms with E-state index in [1.165, 1.54) is 12.0 Å². The number of halogens is 1. The maximum atomic E-state index is 5.28. The van der Waals surface area contributed by atoms with Gasteiger partial charge in [-0.25, -0.2) is 0 Å². The van der Waals surface area contributed by atoms with E-state index in [4.69, 9.17) is 9.73 Å². The van der Waals surface area contributed by atoms with Gasteiger partial charge in [-0.3, -0.25) is 4.99 Å². The largest absolute Gasteiger partial charge is 0.384 e. The van der Waals surface area contributed by atoms with Crippen molar-refractivity contribution < 1.29 is 4.74 Å². The van der Waals surface area contributed by atoms with Gasteiger partial charge < -0.3 is 15.0 Å². The quantitative estimate of drug-likeness (QED) is 0.447. The molecule has 0 amide bonds. The summed E-state index contributed by atoms with van der Waals surface area (Å²) < 4.78 is 6.43. The number of guanidine groups is 1. The van der Waals surface area contributed by atoms with Gasteiger partial charge in [0, 0.05) is 43.7 Å². The molecule has 1 aliphatic rings. The third-order valence-electron chi connectivity index (χ3n) is 4.10. The molecule has 128 valence electrons. The molecule has 5 heteroatoms. The summed E-state index contributed by atoms with van der Waals surface area (Å²) in [5.74, 6) is 1.69. The van der Waals surface area contributed by atoms with Crippen LogP contribution in [0, 0.1) is 5.92 Å². The number of nitrogens with zero attached hydrogens (tertiary/aromatic N) is 2. The second-order valence-corrected chi connectivity index (χ2v) is 6.94. The van der Waals surface area contributed by atoms with E-state index in [1.807, 2.05) is 0 Å². The summed E-state index contributed by atoms with van der Waals surface area (Å²) in [6, 6.07) is 8.52. The van der Waals surface area contributed by atoms with Gasteiger partial charge in [0.1, 0.15) is 0 Å². The zero-order valence-corrected chi connectivity index (χ0v) is 15.8. The van der Waals surface area contributed by atoms with Gasteiger partial charge in [-0.1, -0.05) is 28.1 Å². The Morgan fingerprint density at radius 2 is 2.35 bits per heavy atom. The molecule has 1 atom stereocenters. The molecule has 23 heavy (non-hydrogen) atoms. The summed E-state index contributed by atoms with van der Waals surface area (Å²) in [5, 5.41) is 3.42. The van der Waals surface area contributed by atoms with Crippen LogP contribution >= 0.6 is 15.9 Å². The van der Waals surface area contributed by atoms with Crippen molar-refractivity contribution in [1.82, 2.24) is 10.2 Å². The fraction of sp³-hybridized carbons (Fsp3) is 0.611. The van der Waals surface area contributed by atoms with Crippen LogP contribution in [0.5, 0.6) is 0 Å². The Labute approximate surface area is 148 Å². The molecule has 1 unspecified atom stereocenters. The maximum Gasteiger partial charge on any atom is 0.193 e. The Bertz CT molecular complexity index is 507. The third kappa shape index (κ3) is 6.15. The molecular weight excluding hydrogens is 354 g/mol. The lowest BCUT2D eigenvalue weighted by molar-refractivity contribution is 0.157. The second-order valence-electron chi connectivity index (χ2n) is 6.03. The van der Waals surface area contributed by atoms with Crippen LogP contribution in [0.25, 0.3) is 0 Å². The Balaban J connectivity index is 1.82. The van der Waals surface area contributed by atoms with Gasteiger partial charge >= 0.3 is 0 Å². The SMILES string of the molecule is CCNC(=NCCCc1cccc(Br)c1)N1CCC(COC)C1. The first-order chi connectivity index (χ1) is 11.2. The number of hydrogen-bond donors (Lipinski definition) is 1. The van der Waals surface area contributed by atoms with Crippen LogP contribution in [0.2, 0.25) is 0 Å². The number of aliphatic imine (C=N–C) groups is 1. The summed E-state index contributed by atoms with van der Waals surface area (Å²) in [4.78, 5) is 7.17.